The quantitative estimate of drug-likeness (QED) is 0.490. The summed E-state index contributed by atoms with van der Waals surface area (Å²) < 4.78 is 31.5. The Kier molecular flexibility index (Phi) is 9.35. The number of hydrogen-bond donors (Lipinski definition) is 3. The van der Waals surface area contributed by atoms with Gasteiger partial charge in [-0.05, 0) is 25.0 Å². The van der Waals surface area contributed by atoms with Crippen LogP contribution in [0, 0.1) is 0 Å². The Morgan fingerprint density at radius 2 is 1.70 bits per heavy atom. The first kappa shape index (κ1) is 24.4. The van der Waals surface area contributed by atoms with Crippen LogP contribution in [0.2, 0.25) is 10.0 Å². The number of urea groups is 1. The van der Waals surface area contributed by atoms with Gasteiger partial charge in [-0.25, -0.2) is 17.9 Å². The number of sulfonamides is 1. The van der Waals surface area contributed by atoms with Crippen LogP contribution in [0.4, 0.5) is 4.79 Å². The largest absolute Gasteiger partial charge is 0.456 e. The molecule has 30 heavy (non-hydrogen) atoms. The molecule has 0 unspecified atom stereocenters. The second-order valence-electron chi connectivity index (χ2n) is 6.72. The van der Waals surface area contributed by atoms with Gasteiger partial charge in [0.25, 0.3) is 5.91 Å². The van der Waals surface area contributed by atoms with E-state index >= 15 is 0 Å². The van der Waals surface area contributed by atoms with Gasteiger partial charge in [-0.3, -0.25) is 14.9 Å². The van der Waals surface area contributed by atoms with E-state index in [1.807, 2.05) is 0 Å². The number of halogens is 2. The molecule has 2 rings (SSSR count). The van der Waals surface area contributed by atoms with Crippen LogP contribution in [0.15, 0.2) is 23.1 Å². The molecule has 1 aromatic carbocycles. The van der Waals surface area contributed by atoms with Gasteiger partial charge in [0.2, 0.25) is 10.0 Å². The molecular formula is C18H23Cl2N3O6S. The molecule has 0 radical (unpaired) electrons. The average Bonchev–Trinajstić information content (AvgIpc) is 2.66. The van der Waals surface area contributed by atoms with Crippen LogP contribution in [0.25, 0.3) is 0 Å². The van der Waals surface area contributed by atoms with Crippen LogP contribution in [-0.2, 0) is 24.3 Å². The lowest BCUT2D eigenvalue weighted by Crippen LogP contribution is -2.46. The molecule has 0 saturated heterocycles. The van der Waals surface area contributed by atoms with Gasteiger partial charge in [0, 0.05) is 12.6 Å². The highest BCUT2D eigenvalue weighted by atomic mass is 35.5. The molecule has 3 amide bonds. The van der Waals surface area contributed by atoms with E-state index in [0.717, 1.165) is 32.1 Å². The first-order valence-corrected chi connectivity index (χ1v) is 11.6. The van der Waals surface area contributed by atoms with Crippen molar-refractivity contribution in [2.45, 2.75) is 49.5 Å². The summed E-state index contributed by atoms with van der Waals surface area (Å²) in [6.07, 6.45) is 4.60. The maximum absolute atomic E-state index is 12.3. The smallest absolute Gasteiger partial charge is 0.321 e. The number of benzene rings is 1. The fourth-order valence-electron chi connectivity index (χ4n) is 2.95. The van der Waals surface area contributed by atoms with Gasteiger partial charge in [-0.1, -0.05) is 48.5 Å². The normalized spacial score (nSPS) is 14.7. The SMILES string of the molecule is O=C(COC(=O)CCNS(=O)(=O)c1c(Cl)cccc1Cl)NC(=O)NC1CCCCC1. The van der Waals surface area contributed by atoms with E-state index in [1.54, 1.807) is 0 Å². The van der Waals surface area contributed by atoms with Crippen molar-refractivity contribution in [2.75, 3.05) is 13.2 Å². The van der Waals surface area contributed by atoms with E-state index in [9.17, 15) is 22.8 Å². The number of hydrogen-bond acceptors (Lipinski definition) is 6. The molecule has 3 N–H and O–H groups in total. The summed E-state index contributed by atoms with van der Waals surface area (Å²) in [6, 6.07) is 3.65. The van der Waals surface area contributed by atoms with Crippen molar-refractivity contribution in [2.24, 2.45) is 0 Å². The maximum atomic E-state index is 12.3. The summed E-state index contributed by atoms with van der Waals surface area (Å²) >= 11 is 11.7. The lowest BCUT2D eigenvalue weighted by molar-refractivity contribution is -0.148. The van der Waals surface area contributed by atoms with Crippen molar-refractivity contribution < 1.29 is 27.5 Å². The number of carbonyl (C=O) groups excluding carboxylic acids is 3. The van der Waals surface area contributed by atoms with E-state index in [2.05, 4.69) is 15.4 Å². The van der Waals surface area contributed by atoms with E-state index in [0.29, 0.717) is 0 Å². The van der Waals surface area contributed by atoms with Gasteiger partial charge in [-0.2, -0.15) is 0 Å². The Hall–Kier alpha value is -1.88. The molecule has 0 aliphatic heterocycles. The molecule has 1 saturated carbocycles. The monoisotopic (exact) mass is 479 g/mol. The summed E-state index contributed by atoms with van der Waals surface area (Å²) in [7, 11) is -4.03. The molecule has 1 aliphatic rings. The van der Waals surface area contributed by atoms with E-state index in [1.165, 1.54) is 18.2 Å². The van der Waals surface area contributed by atoms with Crippen molar-refractivity contribution in [1.29, 1.82) is 0 Å². The third-order valence-corrected chi connectivity index (χ3v) is 6.78. The molecule has 0 aromatic heterocycles. The predicted molar refractivity (Wildman–Crippen MR) is 111 cm³/mol. The standard InChI is InChI=1S/C18H23Cl2N3O6S/c19-13-7-4-8-14(20)17(13)30(27,28)21-10-9-16(25)29-11-15(24)23-18(26)22-12-5-2-1-3-6-12/h4,7-8,12,21H,1-3,5-6,9-11H2,(H2,22,23,24,26). The minimum absolute atomic E-state index is 0.0359. The Labute approximate surface area is 184 Å². The molecule has 12 heteroatoms. The molecular weight excluding hydrogens is 457 g/mol. The average molecular weight is 480 g/mol. The number of carbonyl (C=O) groups is 3. The van der Waals surface area contributed by atoms with Crippen LogP contribution in [0.1, 0.15) is 38.5 Å². The third kappa shape index (κ3) is 7.75. The lowest BCUT2D eigenvalue weighted by Gasteiger charge is -2.22. The van der Waals surface area contributed by atoms with Gasteiger partial charge >= 0.3 is 12.0 Å². The number of rotatable bonds is 8. The minimum atomic E-state index is -4.03. The maximum Gasteiger partial charge on any atom is 0.321 e. The van der Waals surface area contributed by atoms with Gasteiger partial charge in [0.15, 0.2) is 6.61 Å². The fraction of sp³-hybridized carbons (Fsp3) is 0.500. The van der Waals surface area contributed by atoms with Gasteiger partial charge < -0.3 is 10.1 Å². The van der Waals surface area contributed by atoms with Crippen molar-refractivity contribution in [3.63, 3.8) is 0 Å². The summed E-state index contributed by atoms with van der Waals surface area (Å²) in [5.41, 5.74) is 0. The Morgan fingerprint density at radius 3 is 2.33 bits per heavy atom. The lowest BCUT2D eigenvalue weighted by atomic mass is 9.96. The van der Waals surface area contributed by atoms with Crippen LogP contribution < -0.4 is 15.4 Å². The summed E-state index contributed by atoms with van der Waals surface area (Å²) in [5, 5.41) is 4.68. The minimum Gasteiger partial charge on any atom is -0.456 e. The predicted octanol–water partition coefficient (Wildman–Crippen LogP) is 2.36. The van der Waals surface area contributed by atoms with Crippen LogP contribution >= 0.6 is 23.2 Å². The molecule has 1 aromatic rings. The van der Waals surface area contributed by atoms with Gasteiger partial charge in [0.1, 0.15) is 4.90 Å². The summed E-state index contributed by atoms with van der Waals surface area (Å²) in [5.74, 6) is -1.59. The first-order chi connectivity index (χ1) is 14.2. The molecule has 1 aliphatic carbocycles. The molecule has 0 spiro atoms. The van der Waals surface area contributed by atoms with Crippen molar-refractivity contribution in [1.82, 2.24) is 15.4 Å². The Bertz CT molecular complexity index is 868. The summed E-state index contributed by atoms with van der Waals surface area (Å²) in [4.78, 5) is 34.9. The van der Waals surface area contributed by atoms with Crippen LogP contribution in [0.5, 0.6) is 0 Å². The molecule has 166 valence electrons. The zero-order valence-electron chi connectivity index (χ0n) is 16.1. The highest BCUT2D eigenvalue weighted by molar-refractivity contribution is 7.89. The van der Waals surface area contributed by atoms with Crippen LogP contribution in [0.3, 0.4) is 0 Å². The fourth-order valence-corrected chi connectivity index (χ4v) is 5.12. The number of imide groups is 1. The molecule has 0 bridgehead atoms. The molecule has 9 nitrogen and oxygen atoms in total. The first-order valence-electron chi connectivity index (χ1n) is 9.38. The second-order valence-corrected chi connectivity index (χ2v) is 9.23. The summed E-state index contributed by atoms with van der Waals surface area (Å²) in [6.45, 7) is -0.938. The van der Waals surface area contributed by atoms with Crippen molar-refractivity contribution in [3.8, 4) is 0 Å². The molecule has 0 heterocycles. The third-order valence-electron chi connectivity index (χ3n) is 4.37. The van der Waals surface area contributed by atoms with E-state index in [4.69, 9.17) is 27.9 Å². The van der Waals surface area contributed by atoms with Crippen LogP contribution in [-0.4, -0.2) is 45.5 Å². The number of amides is 3. The van der Waals surface area contributed by atoms with E-state index in [-0.39, 0.29) is 33.9 Å². The van der Waals surface area contributed by atoms with Gasteiger partial charge in [0.05, 0.1) is 16.5 Å². The van der Waals surface area contributed by atoms with Crippen molar-refractivity contribution >= 4 is 51.1 Å². The second kappa shape index (κ2) is 11.5. The zero-order chi connectivity index (χ0) is 22.1. The highest BCUT2D eigenvalue weighted by Gasteiger charge is 2.22. The van der Waals surface area contributed by atoms with Gasteiger partial charge in [-0.15, -0.1) is 0 Å². The number of ether oxygens (including phenoxy) is 1. The zero-order valence-corrected chi connectivity index (χ0v) is 18.4. The highest BCUT2D eigenvalue weighted by Crippen LogP contribution is 2.28. The molecule has 1 fully saturated rings. The topological polar surface area (TPSA) is 131 Å². The molecule has 0 atom stereocenters. The van der Waals surface area contributed by atoms with Crippen molar-refractivity contribution in [3.05, 3.63) is 28.2 Å². The number of esters is 1. The Balaban J connectivity index is 1.69. The number of nitrogens with one attached hydrogen (secondary N) is 3. The van der Waals surface area contributed by atoms with E-state index < -0.39 is 34.5 Å². The Morgan fingerprint density at radius 1 is 1.07 bits per heavy atom.